The molecule has 4 N–H and O–H groups in total. The first-order valence-electron chi connectivity index (χ1n) is 6.62. The standard InChI is InChI=1S/C15H24N4O/c1-10-6-7-12(8-11(10)2)18-14(16)17-9-13(20)19-15(3,4)5/h6-8H,9H2,1-5H3,(H,19,20)(H3,16,17,18). The molecule has 0 aliphatic heterocycles. The molecule has 0 aliphatic carbocycles. The van der Waals surface area contributed by atoms with Gasteiger partial charge in [-0.1, -0.05) is 6.07 Å². The number of carbonyl (C=O) groups is 1. The van der Waals surface area contributed by atoms with Gasteiger partial charge in [0.25, 0.3) is 0 Å². The number of amides is 1. The molecule has 0 spiro atoms. The zero-order chi connectivity index (χ0) is 15.3. The van der Waals surface area contributed by atoms with Crippen molar-refractivity contribution in [2.24, 2.45) is 10.7 Å². The average Bonchev–Trinajstić information content (AvgIpc) is 2.29. The van der Waals surface area contributed by atoms with Crippen molar-refractivity contribution in [3.63, 3.8) is 0 Å². The second kappa shape index (κ2) is 6.41. The maximum Gasteiger partial charge on any atom is 0.242 e. The molecule has 0 aromatic heterocycles. The number of aryl methyl sites for hydroxylation is 2. The number of carbonyl (C=O) groups excluding carboxylic acids is 1. The summed E-state index contributed by atoms with van der Waals surface area (Å²) in [7, 11) is 0. The summed E-state index contributed by atoms with van der Waals surface area (Å²) >= 11 is 0. The Hall–Kier alpha value is -2.04. The average molecular weight is 276 g/mol. The van der Waals surface area contributed by atoms with E-state index in [0.29, 0.717) is 0 Å². The Morgan fingerprint density at radius 2 is 1.90 bits per heavy atom. The SMILES string of the molecule is Cc1ccc(NC(N)=NCC(=O)NC(C)(C)C)cc1C. The molecule has 0 bridgehead atoms. The molecule has 110 valence electrons. The van der Waals surface area contributed by atoms with Crippen LogP contribution in [0.4, 0.5) is 5.69 Å². The predicted octanol–water partition coefficient (Wildman–Crippen LogP) is 1.94. The van der Waals surface area contributed by atoms with Gasteiger partial charge in [-0.2, -0.15) is 0 Å². The van der Waals surface area contributed by atoms with E-state index in [9.17, 15) is 4.79 Å². The molecule has 5 nitrogen and oxygen atoms in total. The van der Waals surface area contributed by atoms with Crippen LogP contribution in [-0.2, 0) is 4.79 Å². The molecule has 1 aromatic carbocycles. The smallest absolute Gasteiger partial charge is 0.242 e. The van der Waals surface area contributed by atoms with Crippen LogP contribution in [0, 0.1) is 13.8 Å². The van der Waals surface area contributed by atoms with Crippen LogP contribution in [0.25, 0.3) is 0 Å². The summed E-state index contributed by atoms with van der Waals surface area (Å²) < 4.78 is 0. The van der Waals surface area contributed by atoms with Crippen molar-refractivity contribution < 1.29 is 4.79 Å². The molecular formula is C15H24N4O. The molecular weight excluding hydrogens is 252 g/mol. The molecule has 20 heavy (non-hydrogen) atoms. The first kappa shape index (κ1) is 16.0. The topological polar surface area (TPSA) is 79.5 Å². The van der Waals surface area contributed by atoms with Crippen LogP contribution in [0.2, 0.25) is 0 Å². The lowest BCUT2D eigenvalue weighted by molar-refractivity contribution is -0.121. The number of nitrogens with two attached hydrogens (primary N) is 1. The van der Waals surface area contributed by atoms with E-state index in [1.807, 2.05) is 52.8 Å². The Bertz CT molecular complexity index is 515. The Balaban J connectivity index is 2.57. The predicted molar refractivity (Wildman–Crippen MR) is 83.9 cm³/mol. The minimum absolute atomic E-state index is 0.0148. The first-order chi connectivity index (χ1) is 9.17. The first-order valence-corrected chi connectivity index (χ1v) is 6.62. The van der Waals surface area contributed by atoms with Crippen molar-refractivity contribution in [2.45, 2.75) is 40.2 Å². The number of nitrogens with zero attached hydrogens (tertiary/aromatic N) is 1. The summed E-state index contributed by atoms with van der Waals surface area (Å²) in [6, 6.07) is 5.93. The highest BCUT2D eigenvalue weighted by Crippen LogP contribution is 2.13. The largest absolute Gasteiger partial charge is 0.370 e. The Labute approximate surface area is 120 Å². The van der Waals surface area contributed by atoms with Crippen LogP contribution in [0.3, 0.4) is 0 Å². The lowest BCUT2D eigenvalue weighted by Crippen LogP contribution is -2.42. The van der Waals surface area contributed by atoms with Crippen molar-refractivity contribution in [3.8, 4) is 0 Å². The van der Waals surface area contributed by atoms with Crippen molar-refractivity contribution in [1.82, 2.24) is 5.32 Å². The molecule has 0 atom stereocenters. The molecule has 0 heterocycles. The zero-order valence-corrected chi connectivity index (χ0v) is 12.9. The second-order valence-electron chi connectivity index (χ2n) is 5.92. The van der Waals surface area contributed by atoms with Crippen molar-refractivity contribution in [2.75, 3.05) is 11.9 Å². The van der Waals surface area contributed by atoms with Crippen LogP contribution in [0.1, 0.15) is 31.9 Å². The Morgan fingerprint density at radius 3 is 2.45 bits per heavy atom. The van der Waals surface area contributed by atoms with Gasteiger partial charge in [0.1, 0.15) is 6.54 Å². The summed E-state index contributed by atoms with van der Waals surface area (Å²) in [6.45, 7) is 9.86. The van der Waals surface area contributed by atoms with Gasteiger partial charge in [0.15, 0.2) is 5.96 Å². The lowest BCUT2D eigenvalue weighted by Gasteiger charge is -2.19. The van der Waals surface area contributed by atoms with Gasteiger partial charge in [-0.15, -0.1) is 0 Å². The molecule has 0 fully saturated rings. The van der Waals surface area contributed by atoms with Crippen LogP contribution >= 0.6 is 0 Å². The quantitative estimate of drug-likeness (QED) is 0.583. The van der Waals surface area contributed by atoms with E-state index < -0.39 is 0 Å². The van der Waals surface area contributed by atoms with E-state index in [-0.39, 0.29) is 24.0 Å². The van der Waals surface area contributed by atoms with E-state index in [1.165, 1.54) is 11.1 Å². The Morgan fingerprint density at radius 1 is 1.25 bits per heavy atom. The van der Waals surface area contributed by atoms with Crippen molar-refractivity contribution >= 4 is 17.6 Å². The monoisotopic (exact) mass is 276 g/mol. The number of aliphatic imine (C=N–C) groups is 1. The van der Waals surface area contributed by atoms with Crippen LogP contribution < -0.4 is 16.4 Å². The van der Waals surface area contributed by atoms with E-state index in [1.54, 1.807) is 0 Å². The van der Waals surface area contributed by atoms with Gasteiger partial charge < -0.3 is 16.4 Å². The normalized spacial score (nSPS) is 12.2. The highest BCUT2D eigenvalue weighted by atomic mass is 16.2. The zero-order valence-electron chi connectivity index (χ0n) is 12.9. The molecule has 0 unspecified atom stereocenters. The molecule has 0 radical (unpaired) electrons. The summed E-state index contributed by atoms with van der Waals surface area (Å²) in [5.74, 6) is 0.0830. The third-order valence-corrected chi connectivity index (χ3v) is 2.69. The molecule has 0 saturated carbocycles. The van der Waals surface area contributed by atoms with E-state index >= 15 is 0 Å². The van der Waals surface area contributed by atoms with Gasteiger partial charge in [0.05, 0.1) is 0 Å². The third kappa shape index (κ3) is 5.73. The number of hydrogen-bond donors (Lipinski definition) is 3. The van der Waals surface area contributed by atoms with Gasteiger partial charge in [-0.05, 0) is 57.9 Å². The van der Waals surface area contributed by atoms with Gasteiger partial charge in [0.2, 0.25) is 5.91 Å². The summed E-state index contributed by atoms with van der Waals surface area (Å²) in [5, 5.41) is 5.80. The van der Waals surface area contributed by atoms with E-state index in [0.717, 1.165) is 5.69 Å². The minimum Gasteiger partial charge on any atom is -0.370 e. The summed E-state index contributed by atoms with van der Waals surface area (Å²) in [4.78, 5) is 15.6. The van der Waals surface area contributed by atoms with Gasteiger partial charge >= 0.3 is 0 Å². The number of nitrogens with one attached hydrogen (secondary N) is 2. The molecule has 0 aliphatic rings. The molecule has 1 amide bonds. The van der Waals surface area contributed by atoms with Crippen molar-refractivity contribution in [1.29, 1.82) is 0 Å². The van der Waals surface area contributed by atoms with E-state index in [2.05, 4.69) is 15.6 Å². The van der Waals surface area contributed by atoms with Crippen molar-refractivity contribution in [3.05, 3.63) is 29.3 Å². The maximum atomic E-state index is 11.6. The highest BCUT2D eigenvalue weighted by molar-refractivity contribution is 5.94. The van der Waals surface area contributed by atoms with Crippen LogP contribution in [0.5, 0.6) is 0 Å². The minimum atomic E-state index is -0.261. The fraction of sp³-hybridized carbons (Fsp3) is 0.467. The van der Waals surface area contributed by atoms with Gasteiger partial charge in [0, 0.05) is 11.2 Å². The lowest BCUT2D eigenvalue weighted by atomic mass is 10.1. The highest BCUT2D eigenvalue weighted by Gasteiger charge is 2.12. The number of rotatable bonds is 3. The number of hydrogen-bond acceptors (Lipinski definition) is 2. The van der Waals surface area contributed by atoms with Gasteiger partial charge in [-0.25, -0.2) is 4.99 Å². The van der Waals surface area contributed by atoms with Crippen LogP contribution in [0.15, 0.2) is 23.2 Å². The molecule has 0 saturated heterocycles. The molecule has 5 heteroatoms. The second-order valence-corrected chi connectivity index (χ2v) is 5.92. The fourth-order valence-electron chi connectivity index (χ4n) is 1.62. The number of guanidine groups is 1. The summed E-state index contributed by atoms with van der Waals surface area (Å²) in [6.07, 6.45) is 0. The summed E-state index contributed by atoms with van der Waals surface area (Å²) in [5.41, 5.74) is 8.76. The Kier molecular flexibility index (Phi) is 5.13. The molecule has 1 rings (SSSR count). The number of benzene rings is 1. The van der Waals surface area contributed by atoms with E-state index in [4.69, 9.17) is 5.73 Å². The van der Waals surface area contributed by atoms with Crippen LogP contribution in [-0.4, -0.2) is 24.0 Å². The molecule has 1 aromatic rings. The number of anilines is 1. The fourth-order valence-corrected chi connectivity index (χ4v) is 1.62. The van der Waals surface area contributed by atoms with Gasteiger partial charge in [-0.3, -0.25) is 4.79 Å². The maximum absolute atomic E-state index is 11.6. The third-order valence-electron chi connectivity index (χ3n) is 2.69.